The maximum absolute atomic E-state index is 11.7. The van der Waals surface area contributed by atoms with Gasteiger partial charge in [-0.1, -0.05) is 0 Å². The maximum Gasteiger partial charge on any atom is 0.329 e. The molecule has 5 N–H and O–H groups in total. The van der Waals surface area contributed by atoms with Gasteiger partial charge in [0.15, 0.2) is 0 Å². The normalized spacial score (nSPS) is 11.9. The van der Waals surface area contributed by atoms with Crippen LogP contribution in [-0.2, 0) is 16.6 Å². The van der Waals surface area contributed by atoms with E-state index < -0.39 is 17.3 Å². The summed E-state index contributed by atoms with van der Waals surface area (Å²) in [5.74, 6) is -0.343. The van der Waals surface area contributed by atoms with Gasteiger partial charge < -0.3 is 21.1 Å². The van der Waals surface area contributed by atoms with Gasteiger partial charge in [0.1, 0.15) is 17.5 Å². The minimum Gasteiger partial charge on any atom is -0.383 e. The Hall–Kier alpha value is -2.29. The number of methoxy groups -OCH3 is 1. The van der Waals surface area contributed by atoms with Gasteiger partial charge in [0.25, 0.3) is 5.56 Å². The Morgan fingerprint density at radius 2 is 2.15 bits per heavy atom. The van der Waals surface area contributed by atoms with E-state index in [1.54, 1.807) is 6.92 Å². The van der Waals surface area contributed by atoms with Crippen LogP contribution in [0.1, 0.15) is 6.92 Å². The van der Waals surface area contributed by atoms with E-state index in [4.69, 9.17) is 10.5 Å². The minimum atomic E-state index is -0.687. The number of ether oxygens (including phenoxy) is 1. The standard InChI is InChI=1S/C11H19N5O4/c1-6(9(17)13-4-5-20-3)14-7-8(12)16(2)11(19)15-10(7)18/h6,14H,4-5,12H2,1-3H3,(H,13,17)(H,15,18,19). The van der Waals surface area contributed by atoms with Gasteiger partial charge in [0.2, 0.25) is 5.91 Å². The van der Waals surface area contributed by atoms with Crippen LogP contribution in [0.15, 0.2) is 9.59 Å². The number of H-pyrrole nitrogens is 1. The number of aromatic amines is 1. The number of aromatic nitrogens is 2. The van der Waals surface area contributed by atoms with Gasteiger partial charge in [0, 0.05) is 20.7 Å². The third kappa shape index (κ3) is 3.60. The monoisotopic (exact) mass is 285 g/mol. The number of nitrogens with zero attached hydrogens (tertiary/aromatic N) is 1. The summed E-state index contributed by atoms with van der Waals surface area (Å²) in [7, 11) is 2.95. The van der Waals surface area contributed by atoms with Crippen molar-refractivity contribution in [2.75, 3.05) is 31.3 Å². The summed E-state index contributed by atoms with van der Waals surface area (Å²) in [6.07, 6.45) is 0. The van der Waals surface area contributed by atoms with E-state index in [-0.39, 0.29) is 17.4 Å². The number of nitrogens with two attached hydrogens (primary N) is 1. The highest BCUT2D eigenvalue weighted by atomic mass is 16.5. The lowest BCUT2D eigenvalue weighted by molar-refractivity contribution is -0.121. The van der Waals surface area contributed by atoms with Crippen LogP contribution in [0.4, 0.5) is 11.5 Å². The Bertz CT molecular complexity index is 591. The van der Waals surface area contributed by atoms with Crippen LogP contribution in [0, 0.1) is 0 Å². The van der Waals surface area contributed by atoms with Crippen LogP contribution in [0.25, 0.3) is 0 Å². The fraction of sp³-hybridized carbons (Fsp3) is 0.545. The highest BCUT2D eigenvalue weighted by molar-refractivity contribution is 5.84. The number of anilines is 2. The lowest BCUT2D eigenvalue weighted by atomic mass is 10.3. The molecule has 1 unspecified atom stereocenters. The molecule has 1 atom stereocenters. The topological polar surface area (TPSA) is 131 Å². The Labute approximate surface area is 115 Å². The summed E-state index contributed by atoms with van der Waals surface area (Å²) in [5, 5.41) is 5.31. The lowest BCUT2D eigenvalue weighted by Crippen LogP contribution is -2.41. The van der Waals surface area contributed by atoms with Gasteiger partial charge in [-0.3, -0.25) is 19.1 Å². The van der Waals surface area contributed by atoms with Crippen LogP contribution >= 0.6 is 0 Å². The zero-order chi connectivity index (χ0) is 15.3. The number of carbonyl (C=O) groups excluding carboxylic acids is 1. The summed E-state index contributed by atoms with van der Waals surface area (Å²) in [6.45, 7) is 2.33. The second kappa shape index (κ2) is 6.75. The van der Waals surface area contributed by atoms with Crippen molar-refractivity contribution in [1.29, 1.82) is 0 Å². The largest absolute Gasteiger partial charge is 0.383 e. The zero-order valence-corrected chi connectivity index (χ0v) is 11.6. The predicted octanol–water partition coefficient (Wildman–Crippen LogP) is -1.78. The molecule has 9 heteroatoms. The molecule has 9 nitrogen and oxygen atoms in total. The number of nitrogen functional groups attached to an aromatic ring is 1. The number of nitrogens with one attached hydrogen (secondary N) is 3. The van der Waals surface area contributed by atoms with Gasteiger partial charge in [-0.15, -0.1) is 0 Å². The third-order valence-electron chi connectivity index (χ3n) is 2.73. The highest BCUT2D eigenvalue weighted by Gasteiger charge is 2.17. The molecule has 1 aromatic rings. The molecule has 0 bridgehead atoms. The van der Waals surface area contributed by atoms with E-state index in [2.05, 4.69) is 15.6 Å². The van der Waals surface area contributed by atoms with Gasteiger partial charge in [-0.05, 0) is 6.92 Å². The SMILES string of the molecule is COCCNC(=O)C(C)Nc1c(N)n(C)c(=O)[nH]c1=O. The summed E-state index contributed by atoms with van der Waals surface area (Å²) in [5.41, 5.74) is 4.39. The average molecular weight is 285 g/mol. The van der Waals surface area contributed by atoms with Crippen molar-refractivity contribution < 1.29 is 9.53 Å². The molecular formula is C11H19N5O4. The van der Waals surface area contributed by atoms with E-state index in [9.17, 15) is 14.4 Å². The van der Waals surface area contributed by atoms with Crippen LogP contribution in [0.3, 0.4) is 0 Å². The molecule has 0 saturated carbocycles. The molecule has 0 aromatic carbocycles. The molecule has 1 aromatic heterocycles. The maximum atomic E-state index is 11.7. The molecular weight excluding hydrogens is 266 g/mol. The van der Waals surface area contributed by atoms with Gasteiger partial charge in [0.05, 0.1) is 6.61 Å². The Kier molecular flexibility index (Phi) is 5.32. The third-order valence-corrected chi connectivity index (χ3v) is 2.73. The molecule has 0 saturated heterocycles. The first-order valence-electron chi connectivity index (χ1n) is 6.00. The fourth-order valence-electron chi connectivity index (χ4n) is 1.49. The molecule has 0 aliphatic heterocycles. The Balaban J connectivity index is 2.83. The van der Waals surface area contributed by atoms with Crippen molar-refractivity contribution in [1.82, 2.24) is 14.9 Å². The van der Waals surface area contributed by atoms with Crippen LogP contribution in [0.5, 0.6) is 0 Å². The van der Waals surface area contributed by atoms with Crippen molar-refractivity contribution in [2.45, 2.75) is 13.0 Å². The van der Waals surface area contributed by atoms with Crippen molar-refractivity contribution in [3.8, 4) is 0 Å². The van der Waals surface area contributed by atoms with E-state index in [1.165, 1.54) is 14.2 Å². The Morgan fingerprint density at radius 3 is 2.75 bits per heavy atom. The first kappa shape index (κ1) is 15.8. The number of carbonyl (C=O) groups is 1. The predicted molar refractivity (Wildman–Crippen MR) is 74.7 cm³/mol. The molecule has 1 amide bonds. The summed E-state index contributed by atoms with van der Waals surface area (Å²) < 4.78 is 5.89. The second-order valence-electron chi connectivity index (χ2n) is 4.23. The highest BCUT2D eigenvalue weighted by Crippen LogP contribution is 2.09. The summed E-state index contributed by atoms with van der Waals surface area (Å²) in [6, 6.07) is -0.687. The zero-order valence-electron chi connectivity index (χ0n) is 11.6. The number of hydrogen-bond acceptors (Lipinski definition) is 6. The quantitative estimate of drug-likeness (QED) is 0.457. The average Bonchev–Trinajstić information content (AvgIpc) is 2.41. The molecule has 1 rings (SSSR count). The summed E-state index contributed by atoms with van der Waals surface area (Å²) >= 11 is 0. The first-order chi connectivity index (χ1) is 9.38. The number of amides is 1. The smallest absolute Gasteiger partial charge is 0.329 e. The molecule has 0 fully saturated rings. The van der Waals surface area contributed by atoms with Crippen molar-refractivity contribution in [2.24, 2.45) is 7.05 Å². The molecule has 20 heavy (non-hydrogen) atoms. The number of hydrogen-bond donors (Lipinski definition) is 4. The van der Waals surface area contributed by atoms with Gasteiger partial charge in [-0.2, -0.15) is 0 Å². The molecule has 112 valence electrons. The van der Waals surface area contributed by atoms with Crippen molar-refractivity contribution in [3.05, 3.63) is 20.8 Å². The molecule has 0 aliphatic rings. The van der Waals surface area contributed by atoms with E-state index in [0.717, 1.165) is 4.57 Å². The first-order valence-corrected chi connectivity index (χ1v) is 6.00. The van der Waals surface area contributed by atoms with E-state index in [1.807, 2.05) is 0 Å². The van der Waals surface area contributed by atoms with Crippen molar-refractivity contribution >= 4 is 17.4 Å². The van der Waals surface area contributed by atoms with Crippen molar-refractivity contribution in [3.63, 3.8) is 0 Å². The van der Waals surface area contributed by atoms with Gasteiger partial charge >= 0.3 is 5.69 Å². The molecule has 0 spiro atoms. The molecule has 1 heterocycles. The van der Waals surface area contributed by atoms with E-state index >= 15 is 0 Å². The van der Waals surface area contributed by atoms with Crippen LogP contribution < -0.4 is 27.6 Å². The fourth-order valence-corrected chi connectivity index (χ4v) is 1.49. The second-order valence-corrected chi connectivity index (χ2v) is 4.23. The van der Waals surface area contributed by atoms with Crippen LogP contribution in [0.2, 0.25) is 0 Å². The molecule has 0 radical (unpaired) electrons. The summed E-state index contributed by atoms with van der Waals surface area (Å²) in [4.78, 5) is 36.8. The van der Waals surface area contributed by atoms with Gasteiger partial charge in [-0.25, -0.2) is 4.79 Å². The van der Waals surface area contributed by atoms with E-state index in [0.29, 0.717) is 13.2 Å². The molecule has 0 aliphatic carbocycles. The lowest BCUT2D eigenvalue weighted by Gasteiger charge is -2.16. The minimum absolute atomic E-state index is 0.0125. The number of rotatable bonds is 6. The van der Waals surface area contributed by atoms with Crippen LogP contribution in [-0.4, -0.2) is 41.8 Å². The Morgan fingerprint density at radius 1 is 1.50 bits per heavy atom.